The molecule has 1 heterocycles. The minimum atomic E-state index is 0.378. The Kier molecular flexibility index (Phi) is 5.73. The lowest BCUT2D eigenvalue weighted by Gasteiger charge is -2.14. The highest BCUT2D eigenvalue weighted by molar-refractivity contribution is 7.99. The fourth-order valence-corrected chi connectivity index (χ4v) is 2.50. The van der Waals surface area contributed by atoms with Gasteiger partial charge in [0, 0.05) is 17.8 Å². The van der Waals surface area contributed by atoms with Crippen LogP contribution in [0.25, 0.3) is 0 Å². The van der Waals surface area contributed by atoms with Crippen LogP contribution in [0.5, 0.6) is 0 Å². The molecule has 1 aromatic heterocycles. The molecule has 1 N–H and O–H groups in total. The molecule has 0 fully saturated rings. The lowest BCUT2D eigenvalue weighted by Crippen LogP contribution is -2.13. The Labute approximate surface area is 96.9 Å². The molecule has 0 aromatic carbocycles. The summed E-state index contributed by atoms with van der Waals surface area (Å²) in [7, 11) is 1.98. The second kappa shape index (κ2) is 6.85. The number of thioether (sulfide) groups is 1. The molecule has 0 saturated heterocycles. The maximum atomic E-state index is 4.44. The van der Waals surface area contributed by atoms with Crippen molar-refractivity contribution in [2.45, 2.75) is 37.8 Å². The molecule has 1 rings (SSSR count). The van der Waals surface area contributed by atoms with E-state index < -0.39 is 0 Å². The van der Waals surface area contributed by atoms with E-state index >= 15 is 0 Å². The molecule has 1 atom stereocenters. The van der Waals surface area contributed by atoms with Gasteiger partial charge in [-0.05, 0) is 32.2 Å². The van der Waals surface area contributed by atoms with Gasteiger partial charge in [-0.25, -0.2) is 4.98 Å². The second-order valence-corrected chi connectivity index (χ2v) is 4.69. The molecule has 1 unspecified atom stereocenters. The monoisotopic (exact) mass is 224 g/mol. The van der Waals surface area contributed by atoms with Crippen LogP contribution in [0, 0.1) is 0 Å². The van der Waals surface area contributed by atoms with Gasteiger partial charge in [-0.2, -0.15) is 0 Å². The van der Waals surface area contributed by atoms with Gasteiger partial charge in [-0.15, -0.1) is 11.8 Å². The van der Waals surface area contributed by atoms with Crippen molar-refractivity contribution in [2.75, 3.05) is 12.8 Å². The van der Waals surface area contributed by atoms with E-state index in [2.05, 4.69) is 30.2 Å². The van der Waals surface area contributed by atoms with Gasteiger partial charge in [0.25, 0.3) is 0 Å². The molecule has 0 saturated carbocycles. The lowest BCUT2D eigenvalue weighted by molar-refractivity contribution is 0.634. The number of unbranched alkanes of at least 4 members (excludes halogenated alkanes) is 1. The standard InChI is InChI=1S/C12H20N2S/c1-4-5-9-15-12-11(10(2)13-3)7-6-8-14-12/h6-8,10,13H,4-5,9H2,1-3H3. The first kappa shape index (κ1) is 12.5. The summed E-state index contributed by atoms with van der Waals surface area (Å²) in [6, 6.07) is 4.54. The number of pyridine rings is 1. The average molecular weight is 224 g/mol. The van der Waals surface area contributed by atoms with Crippen LogP contribution in [0.1, 0.15) is 38.3 Å². The molecule has 0 aliphatic rings. The molecule has 84 valence electrons. The smallest absolute Gasteiger partial charge is 0.101 e. The molecule has 0 aliphatic heterocycles. The zero-order valence-corrected chi connectivity index (χ0v) is 10.6. The summed E-state index contributed by atoms with van der Waals surface area (Å²) in [5.41, 5.74) is 1.31. The molecule has 2 nitrogen and oxygen atoms in total. The quantitative estimate of drug-likeness (QED) is 0.593. The van der Waals surface area contributed by atoms with Crippen molar-refractivity contribution in [2.24, 2.45) is 0 Å². The highest BCUT2D eigenvalue weighted by Crippen LogP contribution is 2.25. The highest BCUT2D eigenvalue weighted by atomic mass is 32.2. The van der Waals surface area contributed by atoms with Gasteiger partial charge >= 0.3 is 0 Å². The van der Waals surface area contributed by atoms with Crippen LogP contribution in [0.15, 0.2) is 23.4 Å². The van der Waals surface area contributed by atoms with Crippen LogP contribution in [0.3, 0.4) is 0 Å². The summed E-state index contributed by atoms with van der Waals surface area (Å²) in [5, 5.41) is 4.43. The van der Waals surface area contributed by atoms with Crippen molar-refractivity contribution in [1.82, 2.24) is 10.3 Å². The van der Waals surface area contributed by atoms with E-state index in [1.54, 1.807) is 0 Å². The maximum absolute atomic E-state index is 4.44. The predicted molar refractivity (Wildman–Crippen MR) is 67.3 cm³/mol. The maximum Gasteiger partial charge on any atom is 0.101 e. The summed E-state index contributed by atoms with van der Waals surface area (Å²) in [4.78, 5) is 4.44. The fourth-order valence-electron chi connectivity index (χ4n) is 1.32. The normalized spacial score (nSPS) is 12.7. The van der Waals surface area contributed by atoms with Crippen LogP contribution in [-0.2, 0) is 0 Å². The molecule has 0 amide bonds. The fraction of sp³-hybridized carbons (Fsp3) is 0.583. The first-order chi connectivity index (χ1) is 7.29. The average Bonchev–Trinajstić information content (AvgIpc) is 2.29. The Balaban J connectivity index is 2.68. The Bertz CT molecular complexity index is 289. The molecule has 0 radical (unpaired) electrons. The van der Waals surface area contributed by atoms with Crippen molar-refractivity contribution in [3.8, 4) is 0 Å². The first-order valence-corrected chi connectivity index (χ1v) is 6.53. The third-order valence-electron chi connectivity index (χ3n) is 2.44. The van der Waals surface area contributed by atoms with Gasteiger partial charge in [0.2, 0.25) is 0 Å². The number of hydrogen-bond acceptors (Lipinski definition) is 3. The van der Waals surface area contributed by atoms with Crippen LogP contribution in [0.2, 0.25) is 0 Å². The second-order valence-electron chi connectivity index (χ2n) is 3.61. The zero-order valence-electron chi connectivity index (χ0n) is 9.79. The minimum Gasteiger partial charge on any atom is -0.313 e. The molecule has 0 bridgehead atoms. The largest absolute Gasteiger partial charge is 0.313 e. The summed E-state index contributed by atoms with van der Waals surface area (Å²) < 4.78 is 0. The molecule has 0 aliphatic carbocycles. The Morgan fingerprint density at radius 2 is 2.33 bits per heavy atom. The van der Waals surface area contributed by atoms with Crippen LogP contribution >= 0.6 is 11.8 Å². The first-order valence-electron chi connectivity index (χ1n) is 5.54. The van der Waals surface area contributed by atoms with E-state index in [0.29, 0.717) is 6.04 Å². The number of hydrogen-bond donors (Lipinski definition) is 1. The van der Waals surface area contributed by atoms with Gasteiger partial charge in [-0.1, -0.05) is 19.4 Å². The topological polar surface area (TPSA) is 24.9 Å². The van der Waals surface area contributed by atoms with E-state index in [4.69, 9.17) is 0 Å². The predicted octanol–water partition coefficient (Wildman–Crippen LogP) is 3.25. The number of rotatable bonds is 6. The van der Waals surface area contributed by atoms with E-state index in [1.807, 2.05) is 31.1 Å². The minimum absolute atomic E-state index is 0.378. The molecular formula is C12H20N2S. The van der Waals surface area contributed by atoms with Gasteiger partial charge in [-0.3, -0.25) is 0 Å². The highest BCUT2D eigenvalue weighted by Gasteiger charge is 2.09. The van der Waals surface area contributed by atoms with Crippen molar-refractivity contribution < 1.29 is 0 Å². The van der Waals surface area contributed by atoms with E-state index in [1.165, 1.54) is 23.4 Å². The zero-order chi connectivity index (χ0) is 11.1. The van der Waals surface area contributed by atoms with Crippen molar-refractivity contribution in [3.05, 3.63) is 23.9 Å². The third kappa shape index (κ3) is 3.84. The van der Waals surface area contributed by atoms with Gasteiger partial charge < -0.3 is 5.32 Å². The van der Waals surface area contributed by atoms with Crippen LogP contribution < -0.4 is 5.32 Å². The number of nitrogens with zero attached hydrogens (tertiary/aromatic N) is 1. The molecule has 0 spiro atoms. The van der Waals surface area contributed by atoms with E-state index in [-0.39, 0.29) is 0 Å². The van der Waals surface area contributed by atoms with Crippen molar-refractivity contribution in [3.63, 3.8) is 0 Å². The molecule has 3 heteroatoms. The Hall–Kier alpha value is -0.540. The van der Waals surface area contributed by atoms with Crippen LogP contribution in [-0.4, -0.2) is 17.8 Å². The third-order valence-corrected chi connectivity index (χ3v) is 3.54. The Morgan fingerprint density at radius 3 is 3.00 bits per heavy atom. The van der Waals surface area contributed by atoms with Gasteiger partial charge in [0.05, 0.1) is 0 Å². The molecular weight excluding hydrogens is 204 g/mol. The molecule has 1 aromatic rings. The van der Waals surface area contributed by atoms with Crippen molar-refractivity contribution >= 4 is 11.8 Å². The lowest BCUT2D eigenvalue weighted by atomic mass is 10.1. The van der Waals surface area contributed by atoms with Crippen molar-refractivity contribution in [1.29, 1.82) is 0 Å². The Morgan fingerprint density at radius 1 is 1.53 bits per heavy atom. The summed E-state index contributed by atoms with van der Waals surface area (Å²) in [6.45, 7) is 4.39. The van der Waals surface area contributed by atoms with Gasteiger partial charge in [0.1, 0.15) is 5.03 Å². The van der Waals surface area contributed by atoms with E-state index in [0.717, 1.165) is 5.75 Å². The molecule has 15 heavy (non-hydrogen) atoms. The van der Waals surface area contributed by atoms with Gasteiger partial charge in [0.15, 0.2) is 0 Å². The summed E-state index contributed by atoms with van der Waals surface area (Å²) in [6.07, 6.45) is 4.38. The van der Waals surface area contributed by atoms with Crippen LogP contribution in [0.4, 0.5) is 0 Å². The SMILES string of the molecule is CCCCSc1ncccc1C(C)NC. The summed E-state index contributed by atoms with van der Waals surface area (Å²) >= 11 is 1.86. The summed E-state index contributed by atoms with van der Waals surface area (Å²) in [5.74, 6) is 1.16. The van der Waals surface area contributed by atoms with E-state index in [9.17, 15) is 0 Å². The number of nitrogens with one attached hydrogen (secondary N) is 1. The number of aromatic nitrogens is 1.